The van der Waals surface area contributed by atoms with Crippen LogP contribution in [-0.4, -0.2) is 34.0 Å². The highest BCUT2D eigenvalue weighted by molar-refractivity contribution is 6.14. The van der Waals surface area contributed by atoms with E-state index in [1.807, 2.05) is 6.07 Å². The van der Waals surface area contributed by atoms with Crippen LogP contribution in [0.15, 0.2) is 59.1 Å². The van der Waals surface area contributed by atoms with Crippen LogP contribution >= 0.6 is 0 Å². The van der Waals surface area contributed by atoms with E-state index in [4.69, 9.17) is 9.78 Å². The molecular weight excluding hydrogens is 490 g/mol. The second-order valence-electron chi connectivity index (χ2n) is 8.22. The lowest BCUT2D eigenvalue weighted by Crippen LogP contribution is -2.16. The Morgan fingerprint density at radius 3 is 2.34 bits per heavy atom. The predicted octanol–water partition coefficient (Wildman–Crippen LogP) is 4.62. The van der Waals surface area contributed by atoms with Crippen LogP contribution in [0.2, 0.25) is 0 Å². The number of carbonyl (C=O) groups excluding carboxylic acids is 3. The first-order valence-corrected chi connectivity index (χ1v) is 11.4. The minimum absolute atomic E-state index is 0.0203. The third-order valence-corrected chi connectivity index (χ3v) is 5.56. The zero-order valence-electron chi connectivity index (χ0n) is 20.3. The number of nitriles is 1. The van der Waals surface area contributed by atoms with Gasteiger partial charge in [-0.15, -0.1) is 0 Å². The molecule has 0 atom stereocenters. The number of carboxylic acid groups (broad SMARTS) is 1. The third-order valence-electron chi connectivity index (χ3n) is 5.56. The van der Waals surface area contributed by atoms with Crippen LogP contribution in [-0.2, 0) is 9.59 Å². The van der Waals surface area contributed by atoms with Gasteiger partial charge in [0.1, 0.15) is 0 Å². The maximum absolute atomic E-state index is 13.1. The molecule has 1 heterocycles. The average molecular weight is 511 g/mol. The molecule has 0 bridgehead atoms. The van der Waals surface area contributed by atoms with Crippen LogP contribution in [0.25, 0.3) is 22.1 Å². The van der Waals surface area contributed by atoms with Crippen molar-refractivity contribution in [1.29, 1.82) is 5.26 Å². The van der Waals surface area contributed by atoms with Crippen molar-refractivity contribution in [3.05, 3.63) is 71.4 Å². The summed E-state index contributed by atoms with van der Waals surface area (Å²) >= 11 is 0. The number of hydrogen-bond donors (Lipinski definition) is 4. The first-order chi connectivity index (χ1) is 18.2. The molecule has 11 nitrogen and oxygen atoms in total. The molecule has 4 aromatic rings. The van der Waals surface area contributed by atoms with Gasteiger partial charge in [0, 0.05) is 30.3 Å². The molecule has 190 valence electrons. The average Bonchev–Trinajstić information content (AvgIpc) is 3.31. The number of fused-ring (bicyclic) bond motifs is 1. The summed E-state index contributed by atoms with van der Waals surface area (Å²) in [6.45, 7) is 3.10. The van der Waals surface area contributed by atoms with E-state index in [1.165, 1.54) is 19.1 Å². The summed E-state index contributed by atoms with van der Waals surface area (Å²) in [5.41, 5.74) is 2.28. The first-order valence-electron chi connectivity index (χ1n) is 11.4. The Morgan fingerprint density at radius 1 is 0.974 bits per heavy atom. The lowest BCUT2D eigenvalue weighted by molar-refractivity contribution is -0.116. The molecule has 0 radical (unpaired) electrons. The largest absolute Gasteiger partial charge is 0.478 e. The molecule has 0 aliphatic heterocycles. The van der Waals surface area contributed by atoms with Crippen molar-refractivity contribution in [3.8, 4) is 17.2 Å². The summed E-state index contributed by atoms with van der Waals surface area (Å²) in [5, 5.41) is 30.7. The highest BCUT2D eigenvalue weighted by atomic mass is 16.5. The summed E-state index contributed by atoms with van der Waals surface area (Å²) < 4.78 is 5.41. The van der Waals surface area contributed by atoms with Crippen molar-refractivity contribution in [2.75, 3.05) is 16.0 Å². The van der Waals surface area contributed by atoms with E-state index in [-0.39, 0.29) is 51.7 Å². The molecule has 1 aromatic heterocycles. The number of carbonyl (C=O) groups is 4. The Bertz CT molecular complexity index is 1630. The number of rotatable bonds is 7. The number of carboxylic acids is 1. The van der Waals surface area contributed by atoms with Gasteiger partial charge in [-0.3, -0.25) is 14.4 Å². The molecule has 4 N–H and O–H groups in total. The van der Waals surface area contributed by atoms with Crippen LogP contribution in [0.5, 0.6) is 0 Å². The van der Waals surface area contributed by atoms with E-state index in [0.29, 0.717) is 22.5 Å². The topological polar surface area (TPSA) is 174 Å². The van der Waals surface area contributed by atoms with Gasteiger partial charge in [0.2, 0.25) is 11.8 Å². The van der Waals surface area contributed by atoms with Crippen molar-refractivity contribution >= 4 is 51.7 Å². The van der Waals surface area contributed by atoms with Gasteiger partial charge in [-0.05, 0) is 48.0 Å². The maximum atomic E-state index is 13.1. The van der Waals surface area contributed by atoms with Gasteiger partial charge in [-0.1, -0.05) is 24.2 Å². The van der Waals surface area contributed by atoms with Gasteiger partial charge >= 0.3 is 5.97 Å². The molecule has 0 aliphatic carbocycles. The zero-order valence-corrected chi connectivity index (χ0v) is 20.3. The molecule has 3 aromatic carbocycles. The van der Waals surface area contributed by atoms with Gasteiger partial charge in [-0.25, -0.2) is 4.79 Å². The molecule has 11 heteroatoms. The quantitative estimate of drug-likeness (QED) is 0.278. The van der Waals surface area contributed by atoms with Crippen LogP contribution in [0.4, 0.5) is 17.1 Å². The molecule has 0 fully saturated rings. The molecule has 4 rings (SSSR count). The standard InChI is InChI=1S/C27H21N5O6/c1-3-24(34)30-22-11-20-23(12-18(22)16-5-7-17(8-6-16)29-14(2)33)38-32-25(20)26(35)31-21-9-4-15(13-28)10-19(21)27(36)37/h4-12H,3H2,1-2H3,(H,29,33)(H,30,34)(H,31,35)(H,36,37). The van der Waals surface area contributed by atoms with E-state index >= 15 is 0 Å². The van der Waals surface area contributed by atoms with Crippen LogP contribution in [0.3, 0.4) is 0 Å². The second kappa shape index (κ2) is 10.6. The third kappa shape index (κ3) is 5.34. The lowest BCUT2D eigenvalue weighted by Gasteiger charge is -2.12. The number of amides is 3. The Labute approximate surface area is 216 Å². The van der Waals surface area contributed by atoms with Gasteiger partial charge in [-0.2, -0.15) is 5.26 Å². The number of anilines is 3. The number of hydrogen-bond acceptors (Lipinski definition) is 7. The van der Waals surface area contributed by atoms with E-state index < -0.39 is 11.9 Å². The van der Waals surface area contributed by atoms with E-state index in [2.05, 4.69) is 21.1 Å². The second-order valence-corrected chi connectivity index (χ2v) is 8.22. The summed E-state index contributed by atoms with van der Waals surface area (Å²) in [5.74, 6) is -2.53. The lowest BCUT2D eigenvalue weighted by atomic mass is 10.0. The van der Waals surface area contributed by atoms with Gasteiger partial charge in [0.05, 0.1) is 28.3 Å². The van der Waals surface area contributed by atoms with E-state index in [0.717, 1.165) is 6.07 Å². The summed E-state index contributed by atoms with van der Waals surface area (Å²) in [6.07, 6.45) is 0.215. The normalized spacial score (nSPS) is 10.4. The number of nitrogens with one attached hydrogen (secondary N) is 3. The van der Waals surface area contributed by atoms with Crippen LogP contribution in [0.1, 0.15) is 46.7 Å². The molecule has 0 aliphatic rings. The molecule has 0 saturated heterocycles. The van der Waals surface area contributed by atoms with Crippen LogP contribution in [0, 0.1) is 11.3 Å². The highest BCUT2D eigenvalue weighted by Crippen LogP contribution is 2.35. The van der Waals surface area contributed by atoms with Crippen molar-refractivity contribution in [3.63, 3.8) is 0 Å². The van der Waals surface area contributed by atoms with Crippen molar-refractivity contribution < 1.29 is 28.8 Å². The Morgan fingerprint density at radius 2 is 1.71 bits per heavy atom. The monoisotopic (exact) mass is 511 g/mol. The fraction of sp³-hybridized carbons (Fsp3) is 0.111. The molecule has 0 spiro atoms. The van der Waals surface area contributed by atoms with E-state index in [1.54, 1.807) is 43.3 Å². The van der Waals surface area contributed by atoms with E-state index in [9.17, 15) is 24.3 Å². The summed E-state index contributed by atoms with van der Waals surface area (Å²) in [4.78, 5) is 48.3. The molecular formula is C27H21N5O6. The number of nitrogens with zero attached hydrogens (tertiary/aromatic N) is 2. The molecule has 0 saturated carbocycles. The van der Waals surface area contributed by atoms with Crippen molar-refractivity contribution in [2.24, 2.45) is 0 Å². The Hall–Kier alpha value is -5.50. The fourth-order valence-corrected chi connectivity index (χ4v) is 3.75. The summed E-state index contributed by atoms with van der Waals surface area (Å²) in [7, 11) is 0. The maximum Gasteiger partial charge on any atom is 0.337 e. The Balaban J connectivity index is 1.74. The van der Waals surface area contributed by atoms with Crippen molar-refractivity contribution in [2.45, 2.75) is 20.3 Å². The molecule has 38 heavy (non-hydrogen) atoms. The van der Waals surface area contributed by atoms with Gasteiger partial charge in [0.15, 0.2) is 11.3 Å². The van der Waals surface area contributed by atoms with Crippen LogP contribution < -0.4 is 16.0 Å². The SMILES string of the molecule is CCC(=O)Nc1cc2c(C(=O)Nc3ccc(C#N)cc3C(=O)O)noc2cc1-c1ccc(NC(C)=O)cc1. The molecule has 0 unspecified atom stereocenters. The Kier molecular flexibility index (Phi) is 7.16. The zero-order chi connectivity index (χ0) is 27.4. The predicted molar refractivity (Wildman–Crippen MR) is 139 cm³/mol. The van der Waals surface area contributed by atoms with Gasteiger partial charge < -0.3 is 25.6 Å². The smallest absolute Gasteiger partial charge is 0.337 e. The minimum atomic E-state index is -1.32. The summed E-state index contributed by atoms with van der Waals surface area (Å²) in [6, 6.07) is 15.8. The first kappa shape index (κ1) is 25.6. The number of aromatic carboxylic acids is 1. The van der Waals surface area contributed by atoms with Crippen molar-refractivity contribution in [1.82, 2.24) is 5.16 Å². The minimum Gasteiger partial charge on any atom is -0.478 e. The highest BCUT2D eigenvalue weighted by Gasteiger charge is 2.22. The number of aromatic nitrogens is 1. The fourth-order valence-electron chi connectivity index (χ4n) is 3.75. The van der Waals surface area contributed by atoms with Gasteiger partial charge in [0.25, 0.3) is 5.91 Å². The molecule has 3 amide bonds. The number of benzene rings is 3.